The van der Waals surface area contributed by atoms with Crippen molar-refractivity contribution in [1.82, 2.24) is 20.0 Å². The van der Waals surface area contributed by atoms with E-state index >= 15 is 0 Å². The maximum Gasteiger partial charge on any atom is 0.310 e. The maximum atomic E-state index is 12.1. The lowest BCUT2D eigenvalue weighted by molar-refractivity contribution is -0.149. The number of hydrogen-bond donors (Lipinski definition) is 1. The Morgan fingerprint density at radius 2 is 2.18 bits per heavy atom. The summed E-state index contributed by atoms with van der Waals surface area (Å²) in [6, 6.07) is 10.1. The molecule has 152 valence electrons. The zero-order chi connectivity index (χ0) is 19.1. The van der Waals surface area contributed by atoms with E-state index in [-0.39, 0.29) is 35.9 Å². The van der Waals surface area contributed by atoms with Crippen LogP contribution in [0.5, 0.6) is 0 Å². The van der Waals surface area contributed by atoms with Gasteiger partial charge in [-0.3, -0.25) is 9.79 Å². The Balaban J connectivity index is 0.00000280. The second kappa shape index (κ2) is 11.0. The van der Waals surface area contributed by atoms with Gasteiger partial charge in [0.1, 0.15) is 0 Å². The Bertz CT molecular complexity index is 779. The fraction of sp³-hybridized carbons (Fsp3) is 0.450. The number of guanidine groups is 1. The topological polar surface area (TPSA) is 71.8 Å². The molecule has 8 heteroatoms. The van der Waals surface area contributed by atoms with E-state index in [1.165, 1.54) is 0 Å². The van der Waals surface area contributed by atoms with Crippen molar-refractivity contribution in [2.24, 2.45) is 10.9 Å². The van der Waals surface area contributed by atoms with Crippen molar-refractivity contribution < 1.29 is 9.53 Å². The molecule has 1 aromatic heterocycles. The highest BCUT2D eigenvalue weighted by molar-refractivity contribution is 14.0. The van der Waals surface area contributed by atoms with Crippen molar-refractivity contribution in [1.29, 1.82) is 0 Å². The van der Waals surface area contributed by atoms with Crippen LogP contribution >= 0.6 is 24.0 Å². The SMILES string of the molecule is CCOC(=O)[C@@H]1CCCN(C(=NC)NCc2ccccc2-n2cccn2)C1.I. The van der Waals surface area contributed by atoms with Crippen LogP contribution < -0.4 is 5.32 Å². The third-order valence-corrected chi connectivity index (χ3v) is 4.73. The first-order valence-electron chi connectivity index (χ1n) is 9.43. The summed E-state index contributed by atoms with van der Waals surface area (Å²) in [6.07, 6.45) is 5.52. The molecule has 0 saturated carbocycles. The maximum absolute atomic E-state index is 12.1. The predicted octanol–water partition coefficient (Wildman–Crippen LogP) is 2.84. The van der Waals surface area contributed by atoms with E-state index in [9.17, 15) is 4.79 Å². The Morgan fingerprint density at radius 3 is 2.89 bits per heavy atom. The quantitative estimate of drug-likeness (QED) is 0.298. The standard InChI is InChI=1S/C20H27N5O2.HI/c1-3-27-19(26)17-9-6-12-24(15-17)20(21-2)22-14-16-8-4-5-10-18(16)25-13-7-11-23-25;/h4-5,7-8,10-11,13,17H,3,6,9,12,14-15H2,1-2H3,(H,21,22);1H/t17-;/m1./s1. The highest BCUT2D eigenvalue weighted by Crippen LogP contribution is 2.19. The van der Waals surface area contributed by atoms with Crippen molar-refractivity contribution in [3.05, 3.63) is 48.3 Å². The zero-order valence-corrected chi connectivity index (χ0v) is 18.7. The summed E-state index contributed by atoms with van der Waals surface area (Å²) in [6.45, 7) is 4.42. The molecule has 0 amide bonds. The van der Waals surface area contributed by atoms with Gasteiger partial charge in [0.2, 0.25) is 0 Å². The molecule has 1 atom stereocenters. The molecule has 0 spiro atoms. The molecule has 7 nitrogen and oxygen atoms in total. The Kier molecular flexibility index (Phi) is 8.75. The largest absolute Gasteiger partial charge is 0.466 e. The Morgan fingerprint density at radius 1 is 1.36 bits per heavy atom. The number of aromatic nitrogens is 2. The number of likely N-dealkylation sites (tertiary alicyclic amines) is 1. The molecule has 2 heterocycles. The van der Waals surface area contributed by atoms with E-state index in [1.807, 2.05) is 42.1 Å². The van der Waals surface area contributed by atoms with Crippen LogP contribution in [0.3, 0.4) is 0 Å². The average molecular weight is 497 g/mol. The second-order valence-corrected chi connectivity index (χ2v) is 6.52. The number of rotatable bonds is 5. The highest BCUT2D eigenvalue weighted by atomic mass is 127. The lowest BCUT2D eigenvalue weighted by Gasteiger charge is -2.34. The molecule has 1 N–H and O–H groups in total. The van der Waals surface area contributed by atoms with Gasteiger partial charge in [-0.1, -0.05) is 18.2 Å². The van der Waals surface area contributed by atoms with Crippen LogP contribution in [-0.4, -0.2) is 53.4 Å². The number of carbonyl (C=O) groups excluding carboxylic acids is 1. The van der Waals surface area contributed by atoms with Gasteiger partial charge in [0.15, 0.2) is 5.96 Å². The van der Waals surface area contributed by atoms with Crippen LogP contribution in [-0.2, 0) is 16.1 Å². The lowest BCUT2D eigenvalue weighted by atomic mass is 9.98. The van der Waals surface area contributed by atoms with Gasteiger partial charge in [-0.15, -0.1) is 24.0 Å². The number of nitrogens with zero attached hydrogens (tertiary/aromatic N) is 4. The number of benzene rings is 1. The van der Waals surface area contributed by atoms with E-state index in [0.717, 1.165) is 36.6 Å². The van der Waals surface area contributed by atoms with Crippen LogP contribution in [0.15, 0.2) is 47.7 Å². The van der Waals surface area contributed by atoms with Crippen molar-refractivity contribution in [2.45, 2.75) is 26.3 Å². The molecule has 1 fully saturated rings. The summed E-state index contributed by atoms with van der Waals surface area (Å²) in [4.78, 5) is 18.6. The lowest BCUT2D eigenvalue weighted by Crippen LogP contribution is -2.48. The summed E-state index contributed by atoms with van der Waals surface area (Å²) in [5, 5.41) is 7.76. The van der Waals surface area contributed by atoms with E-state index in [1.54, 1.807) is 13.2 Å². The van der Waals surface area contributed by atoms with Gasteiger partial charge in [-0.05, 0) is 37.5 Å². The monoisotopic (exact) mass is 497 g/mol. The number of carbonyl (C=O) groups is 1. The van der Waals surface area contributed by atoms with Gasteiger partial charge in [0.05, 0.1) is 18.2 Å². The Hall–Kier alpha value is -2.10. The van der Waals surface area contributed by atoms with Gasteiger partial charge in [0, 0.05) is 39.1 Å². The molecular formula is C20H28IN5O2. The normalized spacial score (nSPS) is 17.0. The molecule has 0 radical (unpaired) electrons. The van der Waals surface area contributed by atoms with E-state index in [4.69, 9.17) is 4.74 Å². The average Bonchev–Trinajstić information content (AvgIpc) is 3.24. The van der Waals surface area contributed by atoms with Crippen LogP contribution in [0.25, 0.3) is 5.69 Å². The van der Waals surface area contributed by atoms with Gasteiger partial charge in [0.25, 0.3) is 0 Å². The molecule has 2 aromatic rings. The first-order valence-corrected chi connectivity index (χ1v) is 9.43. The fourth-order valence-corrected chi connectivity index (χ4v) is 3.42. The summed E-state index contributed by atoms with van der Waals surface area (Å²) < 4.78 is 7.05. The number of esters is 1. The number of piperidine rings is 1. The van der Waals surface area contributed by atoms with Crippen molar-refractivity contribution >= 4 is 35.9 Å². The van der Waals surface area contributed by atoms with Crippen LogP contribution in [0, 0.1) is 5.92 Å². The minimum absolute atomic E-state index is 0. The first-order chi connectivity index (χ1) is 13.2. The van der Waals surface area contributed by atoms with Crippen LogP contribution in [0.4, 0.5) is 0 Å². The molecular weight excluding hydrogens is 469 g/mol. The summed E-state index contributed by atoms with van der Waals surface area (Å²) >= 11 is 0. The second-order valence-electron chi connectivity index (χ2n) is 6.52. The molecule has 0 unspecified atom stereocenters. The van der Waals surface area contributed by atoms with Crippen LogP contribution in [0.1, 0.15) is 25.3 Å². The van der Waals surface area contributed by atoms with Crippen LogP contribution in [0.2, 0.25) is 0 Å². The number of nitrogens with one attached hydrogen (secondary N) is 1. The zero-order valence-electron chi connectivity index (χ0n) is 16.4. The minimum Gasteiger partial charge on any atom is -0.466 e. The molecule has 1 saturated heterocycles. The number of halogens is 1. The molecule has 0 aliphatic carbocycles. The molecule has 28 heavy (non-hydrogen) atoms. The minimum atomic E-state index is -0.110. The van der Waals surface area contributed by atoms with Gasteiger partial charge >= 0.3 is 5.97 Å². The van der Waals surface area contributed by atoms with Gasteiger partial charge < -0.3 is 15.0 Å². The van der Waals surface area contributed by atoms with Crippen molar-refractivity contribution in [3.8, 4) is 5.69 Å². The highest BCUT2D eigenvalue weighted by Gasteiger charge is 2.28. The van der Waals surface area contributed by atoms with Gasteiger partial charge in [-0.2, -0.15) is 5.10 Å². The molecule has 1 aliphatic heterocycles. The van der Waals surface area contributed by atoms with Gasteiger partial charge in [-0.25, -0.2) is 4.68 Å². The van der Waals surface area contributed by atoms with E-state index < -0.39 is 0 Å². The molecule has 3 rings (SSSR count). The summed E-state index contributed by atoms with van der Waals surface area (Å²) in [7, 11) is 1.77. The number of ether oxygens (including phenoxy) is 1. The first kappa shape index (κ1) is 22.2. The Labute approximate surface area is 183 Å². The third-order valence-electron chi connectivity index (χ3n) is 4.73. The van der Waals surface area contributed by atoms with Crippen molar-refractivity contribution in [2.75, 3.05) is 26.7 Å². The predicted molar refractivity (Wildman–Crippen MR) is 120 cm³/mol. The molecule has 1 aliphatic rings. The number of hydrogen-bond acceptors (Lipinski definition) is 4. The number of para-hydroxylation sites is 1. The molecule has 1 aromatic carbocycles. The smallest absolute Gasteiger partial charge is 0.310 e. The summed E-state index contributed by atoms with van der Waals surface area (Å²) in [5.74, 6) is 0.606. The third kappa shape index (κ3) is 5.46. The summed E-state index contributed by atoms with van der Waals surface area (Å²) in [5.41, 5.74) is 2.16. The number of aliphatic imine (C=N–C) groups is 1. The van der Waals surface area contributed by atoms with E-state index in [0.29, 0.717) is 19.7 Å². The van der Waals surface area contributed by atoms with Crippen molar-refractivity contribution in [3.63, 3.8) is 0 Å². The fourth-order valence-electron chi connectivity index (χ4n) is 3.42. The molecule has 0 bridgehead atoms. The van der Waals surface area contributed by atoms with E-state index in [2.05, 4.69) is 26.4 Å².